The van der Waals surface area contributed by atoms with E-state index in [1.165, 1.54) is 17.1 Å². The predicted molar refractivity (Wildman–Crippen MR) is 131 cm³/mol. The quantitative estimate of drug-likeness (QED) is 0.296. The van der Waals surface area contributed by atoms with Gasteiger partial charge in [-0.2, -0.15) is 15.1 Å². The molecule has 4 heterocycles. The average molecular weight is 498 g/mol. The van der Waals surface area contributed by atoms with E-state index in [2.05, 4.69) is 20.1 Å². The monoisotopic (exact) mass is 498 g/mol. The summed E-state index contributed by atoms with van der Waals surface area (Å²) >= 11 is 0. The van der Waals surface area contributed by atoms with Crippen molar-refractivity contribution in [1.29, 1.82) is 0 Å². The van der Waals surface area contributed by atoms with E-state index in [0.29, 0.717) is 41.5 Å². The molecule has 0 aliphatic carbocycles. The highest BCUT2D eigenvalue weighted by Gasteiger charge is 2.19. The Morgan fingerprint density at radius 2 is 1.92 bits per heavy atom. The van der Waals surface area contributed by atoms with E-state index in [0.717, 1.165) is 16.9 Å². The van der Waals surface area contributed by atoms with Gasteiger partial charge >= 0.3 is 5.97 Å². The minimum atomic E-state index is -0.469. The van der Waals surface area contributed by atoms with E-state index >= 15 is 0 Å². The van der Waals surface area contributed by atoms with Gasteiger partial charge in [0.15, 0.2) is 22.7 Å². The van der Waals surface area contributed by atoms with Crippen molar-refractivity contribution in [2.24, 2.45) is 0 Å². The van der Waals surface area contributed by atoms with E-state index in [1.54, 1.807) is 13.3 Å². The van der Waals surface area contributed by atoms with Crippen LogP contribution in [-0.4, -0.2) is 48.7 Å². The van der Waals surface area contributed by atoms with Crippen molar-refractivity contribution in [3.05, 3.63) is 83.9 Å². The third kappa shape index (κ3) is 4.54. The molecule has 1 aliphatic rings. The van der Waals surface area contributed by atoms with Gasteiger partial charge in [0.05, 0.1) is 24.7 Å². The maximum atomic E-state index is 12.1. The zero-order valence-corrected chi connectivity index (χ0v) is 19.9. The van der Waals surface area contributed by atoms with Crippen molar-refractivity contribution in [1.82, 2.24) is 29.3 Å². The number of nitrogens with zero attached hydrogens (tertiary/aromatic N) is 6. The van der Waals surface area contributed by atoms with Crippen LogP contribution >= 0.6 is 0 Å². The number of esters is 1. The Labute approximate surface area is 211 Å². The second kappa shape index (κ2) is 9.61. The van der Waals surface area contributed by atoms with E-state index in [1.807, 2.05) is 53.1 Å². The van der Waals surface area contributed by atoms with E-state index in [9.17, 15) is 4.79 Å². The topological polar surface area (TPSA) is 115 Å². The minimum absolute atomic E-state index is 0.214. The lowest BCUT2D eigenvalue weighted by Gasteiger charge is -2.11. The molecule has 1 aliphatic heterocycles. The summed E-state index contributed by atoms with van der Waals surface area (Å²) in [6, 6.07) is 15.6. The average Bonchev–Trinajstić information content (AvgIpc) is 3.68. The molecule has 0 saturated carbocycles. The van der Waals surface area contributed by atoms with Crippen LogP contribution < -0.4 is 14.2 Å². The van der Waals surface area contributed by atoms with Gasteiger partial charge in [0, 0.05) is 12.7 Å². The van der Waals surface area contributed by atoms with Crippen LogP contribution in [0.3, 0.4) is 0 Å². The number of hydrogen-bond donors (Lipinski definition) is 0. The molecule has 11 heteroatoms. The molecule has 0 amide bonds. The number of carbonyl (C=O) groups is 1. The van der Waals surface area contributed by atoms with Crippen LogP contribution in [0.2, 0.25) is 0 Å². The van der Waals surface area contributed by atoms with Crippen molar-refractivity contribution < 1.29 is 23.7 Å². The normalized spacial score (nSPS) is 12.1. The molecule has 6 rings (SSSR count). The number of imidazole rings is 1. The van der Waals surface area contributed by atoms with Crippen LogP contribution in [0.4, 0.5) is 0 Å². The maximum Gasteiger partial charge on any atom is 0.341 e. The molecule has 37 heavy (non-hydrogen) atoms. The third-order valence-corrected chi connectivity index (χ3v) is 5.74. The zero-order chi connectivity index (χ0) is 25.2. The molecule has 0 spiro atoms. The van der Waals surface area contributed by atoms with Crippen LogP contribution in [0, 0.1) is 0 Å². The lowest BCUT2D eigenvalue weighted by molar-refractivity contribution is 0.0526. The molecule has 0 fully saturated rings. The van der Waals surface area contributed by atoms with Crippen LogP contribution in [0.5, 0.6) is 17.4 Å². The summed E-state index contributed by atoms with van der Waals surface area (Å²) in [5, 5.41) is 4.24. The third-order valence-electron chi connectivity index (χ3n) is 5.74. The van der Waals surface area contributed by atoms with Gasteiger partial charge in [0.25, 0.3) is 5.95 Å². The Bertz CT molecular complexity index is 1580. The van der Waals surface area contributed by atoms with Crippen molar-refractivity contribution in [2.45, 2.75) is 20.1 Å². The lowest BCUT2D eigenvalue weighted by atomic mass is 10.2. The fourth-order valence-electron chi connectivity index (χ4n) is 3.97. The molecular formula is C26H22N6O5. The number of carbonyl (C=O) groups excluding carboxylic acids is 1. The standard InChI is InChI=1S/C26H22N6O5/c1-2-34-25(33)19-11-28-32(13-19)26-29-23-22(24(30-26)35-14-17-6-4-3-5-7-17)31(15-27-23)12-18-8-9-20-21(10-18)37-16-36-20/h3-11,13,15H,2,12,14,16H2,1H3. The van der Waals surface area contributed by atoms with Crippen molar-refractivity contribution in [3.63, 3.8) is 0 Å². The number of hydrogen-bond acceptors (Lipinski definition) is 9. The molecule has 11 nitrogen and oxygen atoms in total. The summed E-state index contributed by atoms with van der Waals surface area (Å²) in [4.78, 5) is 25.8. The fourth-order valence-corrected chi connectivity index (χ4v) is 3.97. The number of ether oxygens (including phenoxy) is 4. The van der Waals surface area contributed by atoms with Crippen LogP contribution in [-0.2, 0) is 17.9 Å². The molecule has 5 aromatic rings. The molecule has 186 valence electrons. The molecule has 2 aromatic carbocycles. The highest BCUT2D eigenvalue weighted by molar-refractivity contribution is 5.88. The van der Waals surface area contributed by atoms with Crippen molar-refractivity contribution >= 4 is 17.1 Å². The molecular weight excluding hydrogens is 476 g/mol. The lowest BCUT2D eigenvalue weighted by Crippen LogP contribution is -2.08. The van der Waals surface area contributed by atoms with Crippen LogP contribution in [0.15, 0.2) is 67.3 Å². The zero-order valence-electron chi connectivity index (χ0n) is 19.9. The largest absolute Gasteiger partial charge is 0.471 e. The number of aromatic nitrogens is 6. The Morgan fingerprint density at radius 1 is 1.05 bits per heavy atom. The Kier molecular flexibility index (Phi) is 5.85. The van der Waals surface area contributed by atoms with Gasteiger partial charge < -0.3 is 23.5 Å². The smallest absolute Gasteiger partial charge is 0.341 e. The number of rotatable bonds is 8. The van der Waals surface area contributed by atoms with Gasteiger partial charge in [0.1, 0.15) is 6.61 Å². The summed E-state index contributed by atoms with van der Waals surface area (Å²) in [7, 11) is 0. The van der Waals surface area contributed by atoms with Crippen molar-refractivity contribution in [3.8, 4) is 23.3 Å². The molecule has 0 unspecified atom stereocenters. The first-order chi connectivity index (χ1) is 18.2. The van der Waals surface area contributed by atoms with Gasteiger partial charge in [-0.05, 0) is 30.2 Å². The predicted octanol–water partition coefficient (Wildman–Crippen LogP) is 3.54. The Hall–Kier alpha value is -4.93. The van der Waals surface area contributed by atoms with E-state index < -0.39 is 5.97 Å². The highest BCUT2D eigenvalue weighted by Crippen LogP contribution is 2.33. The van der Waals surface area contributed by atoms with Crippen molar-refractivity contribution in [2.75, 3.05) is 13.4 Å². The summed E-state index contributed by atoms with van der Waals surface area (Å²) in [5.41, 5.74) is 3.34. The second-order valence-corrected chi connectivity index (χ2v) is 8.23. The molecule has 0 radical (unpaired) electrons. The van der Waals surface area contributed by atoms with Gasteiger partial charge in [-0.3, -0.25) is 0 Å². The summed E-state index contributed by atoms with van der Waals surface area (Å²) in [5.74, 6) is 1.52. The first kappa shape index (κ1) is 22.5. The van der Waals surface area contributed by atoms with E-state index in [4.69, 9.17) is 18.9 Å². The maximum absolute atomic E-state index is 12.1. The molecule has 0 atom stereocenters. The van der Waals surface area contributed by atoms with Gasteiger partial charge in [-0.15, -0.1) is 0 Å². The summed E-state index contributed by atoms with van der Waals surface area (Å²) in [6.45, 7) is 3.02. The van der Waals surface area contributed by atoms with Gasteiger partial charge in [0.2, 0.25) is 12.7 Å². The summed E-state index contributed by atoms with van der Waals surface area (Å²) < 4.78 is 25.5. The van der Waals surface area contributed by atoms with Crippen LogP contribution in [0.1, 0.15) is 28.4 Å². The molecule has 0 N–H and O–H groups in total. The summed E-state index contributed by atoms with van der Waals surface area (Å²) in [6.07, 6.45) is 4.62. The van der Waals surface area contributed by atoms with Gasteiger partial charge in [-0.25, -0.2) is 14.5 Å². The molecule has 3 aromatic heterocycles. The van der Waals surface area contributed by atoms with Gasteiger partial charge in [-0.1, -0.05) is 36.4 Å². The number of fused-ring (bicyclic) bond motifs is 2. The minimum Gasteiger partial charge on any atom is -0.471 e. The second-order valence-electron chi connectivity index (χ2n) is 8.23. The molecule has 0 saturated heterocycles. The fraction of sp³-hybridized carbons (Fsp3) is 0.192. The van der Waals surface area contributed by atoms with E-state index in [-0.39, 0.29) is 19.3 Å². The molecule has 0 bridgehead atoms. The SMILES string of the molecule is CCOC(=O)c1cnn(-c2nc(OCc3ccccc3)c3c(ncn3Cc3ccc4c(c3)OCO4)n2)c1. The van der Waals surface area contributed by atoms with Crippen LogP contribution in [0.25, 0.3) is 17.1 Å². The first-order valence-corrected chi connectivity index (χ1v) is 11.7. The number of benzene rings is 2. The first-order valence-electron chi connectivity index (χ1n) is 11.7. The Morgan fingerprint density at radius 3 is 2.78 bits per heavy atom. The Balaban J connectivity index is 1.37. The highest BCUT2D eigenvalue weighted by atomic mass is 16.7.